The topological polar surface area (TPSA) is 62.7 Å². The van der Waals surface area contributed by atoms with Crippen LogP contribution in [0.25, 0.3) is 0 Å². The monoisotopic (exact) mass is 267 g/mol. The molecule has 1 aliphatic rings. The van der Waals surface area contributed by atoms with Gasteiger partial charge in [0.2, 0.25) is 5.96 Å². The maximum Gasteiger partial charge on any atom is 0.413 e. The molecule has 0 fully saturated rings. The molecule has 0 aromatic heterocycles. The van der Waals surface area contributed by atoms with Crippen molar-refractivity contribution in [3.63, 3.8) is 0 Å². The zero-order chi connectivity index (χ0) is 13.0. The molecule has 1 aromatic carbocycles. The van der Waals surface area contributed by atoms with Crippen LogP contribution in [0.2, 0.25) is 5.02 Å². The Morgan fingerprint density at radius 1 is 1.61 bits per heavy atom. The predicted molar refractivity (Wildman–Crippen MR) is 69.8 cm³/mol. The number of nitrogens with one attached hydrogen (secondary N) is 2. The number of rotatable bonds is 2. The fourth-order valence-electron chi connectivity index (χ4n) is 1.71. The smallest absolute Gasteiger partial charge is 0.413 e. The summed E-state index contributed by atoms with van der Waals surface area (Å²) in [7, 11) is 0. The second-order valence-corrected chi connectivity index (χ2v) is 4.16. The summed E-state index contributed by atoms with van der Waals surface area (Å²) in [6.07, 6.45) is -0.511. The fraction of sp³-hybridized carbons (Fsp3) is 0.333. The number of alkyl carbamates (subject to hydrolysis) is 1. The van der Waals surface area contributed by atoms with Gasteiger partial charge in [-0.3, -0.25) is 10.3 Å². The molecule has 0 saturated heterocycles. The van der Waals surface area contributed by atoms with Crippen LogP contribution in [0.4, 0.5) is 4.79 Å². The Bertz CT molecular complexity index is 476. The maximum atomic E-state index is 11.2. The first-order valence-corrected chi connectivity index (χ1v) is 6.07. The molecule has 0 spiro atoms. The molecular weight excluding hydrogens is 254 g/mol. The largest absolute Gasteiger partial charge is 0.450 e. The van der Waals surface area contributed by atoms with Crippen molar-refractivity contribution in [2.75, 3.05) is 13.2 Å². The Balaban J connectivity index is 1.95. The lowest BCUT2D eigenvalue weighted by Crippen LogP contribution is -2.39. The normalized spacial score (nSPS) is 17.9. The molecule has 5 nitrogen and oxygen atoms in total. The summed E-state index contributed by atoms with van der Waals surface area (Å²) in [6.45, 7) is 2.61. The summed E-state index contributed by atoms with van der Waals surface area (Å²) in [4.78, 5) is 15.4. The van der Waals surface area contributed by atoms with Crippen LogP contribution in [0, 0.1) is 0 Å². The lowest BCUT2D eigenvalue weighted by Gasteiger charge is -2.13. The molecule has 1 aliphatic heterocycles. The van der Waals surface area contributed by atoms with Crippen LogP contribution in [0.5, 0.6) is 0 Å². The van der Waals surface area contributed by atoms with Gasteiger partial charge < -0.3 is 10.1 Å². The van der Waals surface area contributed by atoms with Gasteiger partial charge in [-0.2, -0.15) is 0 Å². The minimum Gasteiger partial charge on any atom is -0.450 e. The molecule has 1 atom stereocenters. The lowest BCUT2D eigenvalue weighted by atomic mass is 10.1. The second kappa shape index (κ2) is 5.73. The summed E-state index contributed by atoms with van der Waals surface area (Å²) >= 11 is 6.10. The van der Waals surface area contributed by atoms with E-state index in [4.69, 9.17) is 16.3 Å². The molecule has 1 heterocycles. The first-order chi connectivity index (χ1) is 8.70. The van der Waals surface area contributed by atoms with Crippen LogP contribution in [0.3, 0.4) is 0 Å². The first kappa shape index (κ1) is 12.7. The highest BCUT2D eigenvalue weighted by Crippen LogP contribution is 2.24. The van der Waals surface area contributed by atoms with E-state index in [1.807, 2.05) is 24.3 Å². The van der Waals surface area contributed by atoms with Crippen molar-refractivity contribution in [2.24, 2.45) is 4.99 Å². The molecule has 1 amide bonds. The van der Waals surface area contributed by atoms with Gasteiger partial charge in [0.25, 0.3) is 0 Å². The van der Waals surface area contributed by atoms with Crippen molar-refractivity contribution in [2.45, 2.75) is 13.0 Å². The van der Waals surface area contributed by atoms with Gasteiger partial charge in [-0.05, 0) is 18.6 Å². The summed E-state index contributed by atoms with van der Waals surface area (Å²) in [5.74, 6) is 0.415. The number of carbonyl (C=O) groups excluding carboxylic acids is 1. The number of aliphatic imine (C=N–C) groups is 1. The molecular formula is C12H14ClN3O2. The summed E-state index contributed by atoms with van der Waals surface area (Å²) < 4.78 is 4.77. The van der Waals surface area contributed by atoms with E-state index in [-0.39, 0.29) is 6.04 Å². The third-order valence-corrected chi connectivity index (χ3v) is 2.86. The minimum absolute atomic E-state index is 0.0179. The van der Waals surface area contributed by atoms with Crippen molar-refractivity contribution in [1.29, 1.82) is 0 Å². The predicted octanol–water partition coefficient (Wildman–Crippen LogP) is 2.09. The number of guanidine groups is 1. The van der Waals surface area contributed by atoms with Gasteiger partial charge in [0, 0.05) is 5.02 Å². The lowest BCUT2D eigenvalue weighted by molar-refractivity contribution is 0.157. The average molecular weight is 268 g/mol. The standard InChI is InChI=1S/C12H14ClN3O2/c1-2-18-12(17)16-11-14-7-10(15-11)8-5-3-4-6-9(8)13/h3-6,10H,2,7H2,1H3,(H2,14,15,16,17). The highest BCUT2D eigenvalue weighted by molar-refractivity contribution is 6.31. The van der Waals surface area contributed by atoms with Crippen molar-refractivity contribution < 1.29 is 9.53 Å². The van der Waals surface area contributed by atoms with Gasteiger partial charge in [-0.1, -0.05) is 29.8 Å². The highest BCUT2D eigenvalue weighted by atomic mass is 35.5. The van der Waals surface area contributed by atoms with Crippen LogP contribution in [0.1, 0.15) is 18.5 Å². The molecule has 0 radical (unpaired) electrons. The minimum atomic E-state index is -0.511. The molecule has 6 heteroatoms. The molecule has 0 bridgehead atoms. The number of hydrogen-bond donors (Lipinski definition) is 2. The second-order valence-electron chi connectivity index (χ2n) is 3.75. The molecule has 18 heavy (non-hydrogen) atoms. The van der Waals surface area contributed by atoms with Crippen LogP contribution < -0.4 is 10.6 Å². The van der Waals surface area contributed by atoms with Gasteiger partial charge >= 0.3 is 6.09 Å². The average Bonchev–Trinajstić information content (AvgIpc) is 2.78. The van der Waals surface area contributed by atoms with Crippen LogP contribution in [-0.4, -0.2) is 25.2 Å². The molecule has 0 saturated carbocycles. The molecule has 1 unspecified atom stereocenters. The van der Waals surface area contributed by atoms with Gasteiger partial charge in [-0.25, -0.2) is 4.79 Å². The fourth-order valence-corrected chi connectivity index (χ4v) is 1.98. The quantitative estimate of drug-likeness (QED) is 0.862. The van der Waals surface area contributed by atoms with Crippen molar-refractivity contribution in [3.8, 4) is 0 Å². The van der Waals surface area contributed by atoms with Crippen molar-refractivity contribution >= 4 is 23.7 Å². The van der Waals surface area contributed by atoms with Crippen LogP contribution in [-0.2, 0) is 4.74 Å². The van der Waals surface area contributed by atoms with Crippen molar-refractivity contribution in [1.82, 2.24) is 10.6 Å². The van der Waals surface area contributed by atoms with E-state index in [0.29, 0.717) is 24.1 Å². The molecule has 2 rings (SSSR count). The van der Waals surface area contributed by atoms with Gasteiger partial charge in [0.05, 0.1) is 19.2 Å². The summed E-state index contributed by atoms with van der Waals surface area (Å²) in [5.41, 5.74) is 0.962. The van der Waals surface area contributed by atoms with E-state index >= 15 is 0 Å². The summed E-state index contributed by atoms with van der Waals surface area (Å²) in [6, 6.07) is 7.53. The third-order valence-electron chi connectivity index (χ3n) is 2.52. The number of nitrogens with zero attached hydrogens (tertiary/aromatic N) is 1. The number of halogens is 1. The van der Waals surface area contributed by atoms with E-state index in [1.54, 1.807) is 6.92 Å². The number of benzene rings is 1. The van der Waals surface area contributed by atoms with E-state index in [2.05, 4.69) is 15.6 Å². The summed E-state index contributed by atoms with van der Waals surface area (Å²) in [5, 5.41) is 6.31. The van der Waals surface area contributed by atoms with Crippen LogP contribution >= 0.6 is 11.6 Å². The Morgan fingerprint density at radius 3 is 3.11 bits per heavy atom. The maximum absolute atomic E-state index is 11.2. The number of ether oxygens (including phenoxy) is 1. The van der Waals surface area contributed by atoms with E-state index in [1.165, 1.54) is 0 Å². The highest BCUT2D eigenvalue weighted by Gasteiger charge is 2.22. The van der Waals surface area contributed by atoms with E-state index < -0.39 is 6.09 Å². The Labute approximate surface area is 110 Å². The van der Waals surface area contributed by atoms with Gasteiger partial charge in [0.1, 0.15) is 0 Å². The molecule has 0 aliphatic carbocycles. The Morgan fingerprint density at radius 2 is 2.39 bits per heavy atom. The zero-order valence-corrected chi connectivity index (χ0v) is 10.7. The number of carbonyl (C=O) groups is 1. The Kier molecular flexibility index (Phi) is 4.04. The number of hydrogen-bond acceptors (Lipinski definition) is 4. The Hall–Kier alpha value is -1.75. The van der Waals surface area contributed by atoms with Gasteiger partial charge in [-0.15, -0.1) is 0 Å². The first-order valence-electron chi connectivity index (χ1n) is 5.70. The van der Waals surface area contributed by atoms with Crippen LogP contribution in [0.15, 0.2) is 29.3 Å². The van der Waals surface area contributed by atoms with E-state index in [9.17, 15) is 4.79 Å². The molecule has 1 aromatic rings. The zero-order valence-electron chi connectivity index (χ0n) is 9.94. The SMILES string of the molecule is CCOC(=O)NC1=NCC(c2ccccc2Cl)N1. The van der Waals surface area contributed by atoms with Crippen molar-refractivity contribution in [3.05, 3.63) is 34.9 Å². The number of amides is 1. The third kappa shape index (κ3) is 2.92. The molecule has 96 valence electrons. The van der Waals surface area contributed by atoms with Gasteiger partial charge in [0.15, 0.2) is 0 Å². The molecule has 2 N–H and O–H groups in total. The van der Waals surface area contributed by atoms with E-state index in [0.717, 1.165) is 5.56 Å².